The summed E-state index contributed by atoms with van der Waals surface area (Å²) in [5, 5.41) is 9.71. The smallest absolute Gasteiger partial charge is 0.140 e. The summed E-state index contributed by atoms with van der Waals surface area (Å²) in [7, 11) is 0. The average Bonchev–Trinajstić information content (AvgIpc) is 2.32. The maximum Gasteiger partial charge on any atom is 0.140 e. The third-order valence-corrected chi connectivity index (χ3v) is 3.99. The Kier molecular flexibility index (Phi) is 3.84. The summed E-state index contributed by atoms with van der Waals surface area (Å²) >= 11 is 5.98. The standard InChI is InChI=1S/C12H18ClN3O/c1-8-3-4-16(5-9(8)2)12-10(6-17)11(13)14-7-15-12/h7-9,17H,3-6H2,1-2H3. The molecule has 1 aliphatic rings. The average molecular weight is 256 g/mol. The van der Waals surface area contributed by atoms with Crippen LogP contribution in [-0.4, -0.2) is 28.2 Å². The minimum absolute atomic E-state index is 0.116. The van der Waals surface area contributed by atoms with E-state index in [2.05, 4.69) is 28.7 Å². The minimum atomic E-state index is -0.116. The van der Waals surface area contributed by atoms with Crippen molar-refractivity contribution in [3.05, 3.63) is 17.0 Å². The predicted molar refractivity (Wildman–Crippen MR) is 68.1 cm³/mol. The van der Waals surface area contributed by atoms with Gasteiger partial charge in [0.05, 0.1) is 12.2 Å². The fraction of sp³-hybridized carbons (Fsp3) is 0.667. The largest absolute Gasteiger partial charge is 0.391 e. The molecular formula is C12H18ClN3O. The van der Waals surface area contributed by atoms with Gasteiger partial charge in [-0.3, -0.25) is 0 Å². The number of hydrogen-bond donors (Lipinski definition) is 1. The second-order valence-corrected chi connectivity index (χ2v) is 5.17. The molecule has 0 amide bonds. The first kappa shape index (κ1) is 12.6. The van der Waals surface area contributed by atoms with Gasteiger partial charge in [0, 0.05) is 13.1 Å². The zero-order valence-corrected chi connectivity index (χ0v) is 11.0. The van der Waals surface area contributed by atoms with Crippen LogP contribution in [0.4, 0.5) is 5.82 Å². The zero-order chi connectivity index (χ0) is 12.4. The molecule has 94 valence electrons. The number of aromatic nitrogens is 2. The van der Waals surface area contributed by atoms with Gasteiger partial charge in [0.15, 0.2) is 0 Å². The van der Waals surface area contributed by atoms with Gasteiger partial charge in [0.25, 0.3) is 0 Å². The normalized spacial score (nSPS) is 25.1. The van der Waals surface area contributed by atoms with Crippen LogP contribution in [-0.2, 0) is 6.61 Å². The van der Waals surface area contributed by atoms with Gasteiger partial charge in [0.2, 0.25) is 0 Å². The summed E-state index contributed by atoms with van der Waals surface area (Å²) in [6.45, 7) is 6.34. The van der Waals surface area contributed by atoms with Gasteiger partial charge >= 0.3 is 0 Å². The third kappa shape index (κ3) is 2.53. The quantitative estimate of drug-likeness (QED) is 0.823. The van der Waals surface area contributed by atoms with Crippen LogP contribution in [0.2, 0.25) is 5.15 Å². The lowest BCUT2D eigenvalue weighted by Gasteiger charge is -2.36. The molecule has 1 aromatic rings. The molecule has 4 nitrogen and oxygen atoms in total. The van der Waals surface area contributed by atoms with Crippen molar-refractivity contribution in [3.63, 3.8) is 0 Å². The van der Waals surface area contributed by atoms with Crippen molar-refractivity contribution in [2.24, 2.45) is 11.8 Å². The Morgan fingerprint density at radius 1 is 1.41 bits per heavy atom. The van der Waals surface area contributed by atoms with Crippen molar-refractivity contribution in [1.29, 1.82) is 0 Å². The third-order valence-electron chi connectivity index (χ3n) is 3.66. The molecule has 2 atom stereocenters. The van der Waals surface area contributed by atoms with Crippen LogP contribution >= 0.6 is 11.6 Å². The molecule has 0 radical (unpaired) electrons. The van der Waals surface area contributed by atoms with E-state index in [1.165, 1.54) is 6.33 Å². The van der Waals surface area contributed by atoms with Crippen LogP contribution < -0.4 is 4.90 Å². The number of halogens is 1. The summed E-state index contributed by atoms with van der Waals surface area (Å²) in [4.78, 5) is 10.4. The summed E-state index contributed by atoms with van der Waals surface area (Å²) in [6.07, 6.45) is 2.60. The van der Waals surface area contributed by atoms with E-state index in [9.17, 15) is 5.11 Å². The highest BCUT2D eigenvalue weighted by Gasteiger charge is 2.25. The topological polar surface area (TPSA) is 49.2 Å². The molecule has 5 heteroatoms. The van der Waals surface area contributed by atoms with Gasteiger partial charge in [-0.25, -0.2) is 9.97 Å². The predicted octanol–water partition coefficient (Wildman–Crippen LogP) is 2.10. The number of anilines is 1. The highest BCUT2D eigenvalue weighted by Crippen LogP contribution is 2.29. The molecule has 0 saturated carbocycles. The van der Waals surface area contributed by atoms with Crippen LogP contribution in [0.5, 0.6) is 0 Å². The summed E-state index contributed by atoms with van der Waals surface area (Å²) in [5.74, 6) is 2.15. The molecule has 1 N–H and O–H groups in total. The molecule has 1 fully saturated rings. The van der Waals surface area contributed by atoms with Crippen LogP contribution in [0.1, 0.15) is 25.8 Å². The number of piperidine rings is 1. The molecule has 2 rings (SSSR count). The van der Waals surface area contributed by atoms with Crippen LogP contribution in [0.25, 0.3) is 0 Å². The molecule has 2 heterocycles. The number of aliphatic hydroxyl groups excluding tert-OH is 1. The summed E-state index contributed by atoms with van der Waals surface area (Å²) in [6, 6.07) is 0. The van der Waals surface area contributed by atoms with Gasteiger partial charge in [-0.2, -0.15) is 0 Å². The molecule has 0 spiro atoms. The SMILES string of the molecule is CC1CCN(c2ncnc(Cl)c2CO)CC1C. The van der Waals surface area contributed by atoms with E-state index in [4.69, 9.17) is 11.6 Å². The highest BCUT2D eigenvalue weighted by molar-refractivity contribution is 6.30. The minimum Gasteiger partial charge on any atom is -0.391 e. The monoisotopic (exact) mass is 255 g/mol. The van der Waals surface area contributed by atoms with E-state index in [0.717, 1.165) is 31.2 Å². The summed E-state index contributed by atoms with van der Waals surface area (Å²) in [5.41, 5.74) is 0.635. The first-order chi connectivity index (χ1) is 8.13. The molecule has 1 aliphatic heterocycles. The van der Waals surface area contributed by atoms with E-state index in [-0.39, 0.29) is 6.61 Å². The Morgan fingerprint density at radius 2 is 2.18 bits per heavy atom. The fourth-order valence-corrected chi connectivity index (χ4v) is 2.43. The van der Waals surface area contributed by atoms with Crippen LogP contribution in [0.15, 0.2) is 6.33 Å². The maximum absolute atomic E-state index is 9.36. The molecule has 17 heavy (non-hydrogen) atoms. The molecular weight excluding hydrogens is 238 g/mol. The summed E-state index contributed by atoms with van der Waals surface area (Å²) < 4.78 is 0. The van der Waals surface area contributed by atoms with Gasteiger partial charge in [0.1, 0.15) is 17.3 Å². The highest BCUT2D eigenvalue weighted by atomic mass is 35.5. The van der Waals surface area contributed by atoms with Crippen molar-refractivity contribution in [1.82, 2.24) is 9.97 Å². The number of aliphatic hydroxyl groups is 1. The van der Waals surface area contributed by atoms with E-state index >= 15 is 0 Å². The van der Waals surface area contributed by atoms with Crippen molar-refractivity contribution in [2.75, 3.05) is 18.0 Å². The molecule has 0 aliphatic carbocycles. The molecule has 1 saturated heterocycles. The van der Waals surface area contributed by atoms with Crippen molar-refractivity contribution >= 4 is 17.4 Å². The second kappa shape index (κ2) is 5.19. The van der Waals surface area contributed by atoms with Gasteiger partial charge < -0.3 is 10.0 Å². The molecule has 0 bridgehead atoms. The molecule has 1 aromatic heterocycles. The Morgan fingerprint density at radius 3 is 2.82 bits per heavy atom. The lowest BCUT2D eigenvalue weighted by molar-refractivity contribution is 0.279. The van der Waals surface area contributed by atoms with Crippen LogP contribution in [0.3, 0.4) is 0 Å². The number of nitrogens with zero attached hydrogens (tertiary/aromatic N) is 3. The van der Waals surface area contributed by atoms with E-state index in [0.29, 0.717) is 16.6 Å². The number of rotatable bonds is 2. The Hall–Kier alpha value is -0.870. The first-order valence-corrected chi connectivity index (χ1v) is 6.36. The second-order valence-electron chi connectivity index (χ2n) is 4.81. The van der Waals surface area contributed by atoms with Gasteiger partial charge in [-0.15, -0.1) is 0 Å². The van der Waals surface area contributed by atoms with Crippen molar-refractivity contribution in [2.45, 2.75) is 26.9 Å². The zero-order valence-electron chi connectivity index (χ0n) is 10.2. The van der Waals surface area contributed by atoms with Gasteiger partial charge in [-0.1, -0.05) is 25.4 Å². The van der Waals surface area contributed by atoms with E-state index in [1.54, 1.807) is 0 Å². The first-order valence-electron chi connectivity index (χ1n) is 5.98. The van der Waals surface area contributed by atoms with Crippen molar-refractivity contribution < 1.29 is 5.11 Å². The lowest BCUT2D eigenvalue weighted by Crippen LogP contribution is -2.39. The number of hydrogen-bond acceptors (Lipinski definition) is 4. The Balaban J connectivity index is 2.25. The van der Waals surface area contributed by atoms with Gasteiger partial charge in [-0.05, 0) is 18.3 Å². The fourth-order valence-electron chi connectivity index (χ4n) is 2.25. The van der Waals surface area contributed by atoms with E-state index in [1.807, 2.05) is 0 Å². The Bertz CT molecular complexity index is 399. The van der Waals surface area contributed by atoms with Crippen LogP contribution in [0, 0.1) is 11.8 Å². The molecule has 2 unspecified atom stereocenters. The Labute approximate surface area is 107 Å². The lowest BCUT2D eigenvalue weighted by atomic mass is 9.88. The van der Waals surface area contributed by atoms with Crippen molar-refractivity contribution in [3.8, 4) is 0 Å². The molecule has 0 aromatic carbocycles. The van der Waals surface area contributed by atoms with E-state index < -0.39 is 0 Å². The maximum atomic E-state index is 9.36.